The van der Waals surface area contributed by atoms with Crippen LogP contribution in [0.2, 0.25) is 0 Å². The second-order valence-corrected chi connectivity index (χ2v) is 8.18. The largest absolute Gasteiger partial charge is 0.357 e. The summed E-state index contributed by atoms with van der Waals surface area (Å²) in [5.41, 5.74) is 0. The molecule has 0 aliphatic rings. The van der Waals surface area contributed by atoms with Crippen LogP contribution in [0.25, 0.3) is 0 Å². The maximum absolute atomic E-state index is 12.0. The third-order valence-electron chi connectivity index (χ3n) is 2.65. The monoisotopic (exact) mass is 332 g/mol. The highest BCUT2D eigenvalue weighted by molar-refractivity contribution is 7.91. The van der Waals surface area contributed by atoms with Crippen LogP contribution in [0.4, 0.5) is 0 Å². The zero-order valence-electron chi connectivity index (χ0n) is 13.0. The van der Waals surface area contributed by atoms with Gasteiger partial charge in [0, 0.05) is 32.1 Å². The van der Waals surface area contributed by atoms with Gasteiger partial charge in [-0.3, -0.25) is 0 Å². The first-order valence-corrected chi connectivity index (χ1v) is 9.20. The van der Waals surface area contributed by atoms with E-state index >= 15 is 0 Å². The average Bonchev–Trinajstić information content (AvgIpc) is 2.91. The quantitative estimate of drug-likeness (QED) is 0.586. The molecule has 0 aromatic carbocycles. The van der Waals surface area contributed by atoms with Crippen molar-refractivity contribution in [1.29, 1.82) is 0 Å². The van der Waals surface area contributed by atoms with Gasteiger partial charge in [0.1, 0.15) is 4.21 Å². The summed E-state index contributed by atoms with van der Waals surface area (Å²) in [6, 6.07) is 3.45. The zero-order valence-corrected chi connectivity index (χ0v) is 14.6. The van der Waals surface area contributed by atoms with E-state index in [1.807, 2.05) is 13.0 Å². The molecule has 0 bridgehead atoms. The summed E-state index contributed by atoms with van der Waals surface area (Å²) < 4.78 is 25.6. The second-order valence-electron chi connectivity index (χ2n) is 4.63. The summed E-state index contributed by atoms with van der Waals surface area (Å²) in [5.74, 6) is 0.754. The van der Waals surface area contributed by atoms with Crippen molar-refractivity contribution in [2.75, 3.05) is 27.2 Å². The van der Waals surface area contributed by atoms with Gasteiger partial charge in [0.15, 0.2) is 5.96 Å². The van der Waals surface area contributed by atoms with Crippen molar-refractivity contribution in [2.45, 2.75) is 31.0 Å². The van der Waals surface area contributed by atoms with Crippen LogP contribution >= 0.6 is 11.3 Å². The van der Waals surface area contributed by atoms with Gasteiger partial charge in [0.2, 0.25) is 0 Å². The van der Waals surface area contributed by atoms with Crippen LogP contribution in [0.1, 0.15) is 25.1 Å². The Morgan fingerprint density at radius 1 is 1.29 bits per heavy atom. The first-order chi connectivity index (χ1) is 9.91. The van der Waals surface area contributed by atoms with E-state index in [-0.39, 0.29) is 0 Å². The molecule has 0 atom stereocenters. The van der Waals surface area contributed by atoms with Crippen LogP contribution in [-0.4, -0.2) is 45.9 Å². The van der Waals surface area contributed by atoms with E-state index in [1.54, 1.807) is 6.07 Å². The van der Waals surface area contributed by atoms with Crippen LogP contribution in [-0.2, 0) is 16.6 Å². The summed E-state index contributed by atoms with van der Waals surface area (Å²) in [7, 11) is -0.282. The molecule has 1 rings (SSSR count). The van der Waals surface area contributed by atoms with Crippen LogP contribution in [0.5, 0.6) is 0 Å². The fourth-order valence-corrected chi connectivity index (χ4v) is 3.95. The van der Waals surface area contributed by atoms with Crippen molar-refractivity contribution in [2.24, 2.45) is 4.99 Å². The van der Waals surface area contributed by atoms with E-state index in [9.17, 15) is 8.42 Å². The lowest BCUT2D eigenvalue weighted by molar-refractivity contribution is 0.523. The lowest BCUT2D eigenvalue weighted by Crippen LogP contribution is -2.37. The van der Waals surface area contributed by atoms with Crippen molar-refractivity contribution in [1.82, 2.24) is 14.9 Å². The fourth-order valence-electron chi connectivity index (χ4n) is 1.50. The Morgan fingerprint density at radius 2 is 2.00 bits per heavy atom. The highest BCUT2D eigenvalue weighted by atomic mass is 32.2. The van der Waals surface area contributed by atoms with Gasteiger partial charge in [0.05, 0.1) is 6.54 Å². The number of aliphatic imine (C=N–C) groups is 1. The molecule has 120 valence electrons. The molecular formula is C13H24N4O2S2. The molecule has 0 aliphatic heterocycles. The molecule has 1 aromatic rings. The maximum Gasteiger partial charge on any atom is 0.252 e. The maximum atomic E-state index is 12.0. The first kappa shape index (κ1) is 17.9. The van der Waals surface area contributed by atoms with Gasteiger partial charge in [-0.25, -0.2) is 17.7 Å². The minimum atomic E-state index is -3.35. The third-order valence-corrected chi connectivity index (χ3v) is 6.00. The van der Waals surface area contributed by atoms with Crippen molar-refractivity contribution in [3.63, 3.8) is 0 Å². The molecule has 8 heteroatoms. The highest BCUT2D eigenvalue weighted by Crippen LogP contribution is 2.24. The Morgan fingerprint density at radius 3 is 2.57 bits per heavy atom. The fraction of sp³-hybridized carbons (Fsp3) is 0.615. The van der Waals surface area contributed by atoms with E-state index in [2.05, 4.69) is 22.5 Å². The van der Waals surface area contributed by atoms with E-state index in [4.69, 9.17) is 0 Å². The molecule has 0 saturated heterocycles. The third kappa shape index (κ3) is 5.29. The van der Waals surface area contributed by atoms with Gasteiger partial charge >= 0.3 is 0 Å². The van der Waals surface area contributed by atoms with Gasteiger partial charge in [-0.05, 0) is 25.5 Å². The Hall–Kier alpha value is -1.12. The Bertz CT molecular complexity index is 564. The molecular weight excluding hydrogens is 308 g/mol. The average molecular weight is 332 g/mol. The van der Waals surface area contributed by atoms with Gasteiger partial charge in [-0.1, -0.05) is 6.92 Å². The molecule has 2 N–H and O–H groups in total. The SMILES string of the molecule is CCCNC(=NCc1ccc(S(=O)(=O)N(C)C)s1)NCC. The van der Waals surface area contributed by atoms with E-state index in [1.165, 1.54) is 29.7 Å². The van der Waals surface area contributed by atoms with E-state index in [0.717, 1.165) is 30.3 Å². The van der Waals surface area contributed by atoms with Gasteiger partial charge in [-0.15, -0.1) is 11.3 Å². The molecule has 0 spiro atoms. The normalized spacial score (nSPS) is 12.7. The van der Waals surface area contributed by atoms with E-state index < -0.39 is 10.0 Å². The number of nitrogens with one attached hydrogen (secondary N) is 2. The van der Waals surface area contributed by atoms with Gasteiger partial charge in [0.25, 0.3) is 10.0 Å². The molecule has 0 radical (unpaired) electrons. The molecule has 0 fully saturated rings. The predicted octanol–water partition coefficient (Wildman–Crippen LogP) is 1.46. The summed E-state index contributed by atoms with van der Waals surface area (Å²) in [4.78, 5) is 5.38. The first-order valence-electron chi connectivity index (χ1n) is 6.95. The minimum Gasteiger partial charge on any atom is -0.357 e. The van der Waals surface area contributed by atoms with E-state index in [0.29, 0.717) is 10.8 Å². The molecule has 1 heterocycles. The lowest BCUT2D eigenvalue weighted by Gasteiger charge is -2.09. The Labute approximate surface area is 131 Å². The van der Waals surface area contributed by atoms with Gasteiger partial charge < -0.3 is 10.6 Å². The molecule has 0 unspecified atom stereocenters. The van der Waals surface area contributed by atoms with Crippen molar-refractivity contribution >= 4 is 27.3 Å². The highest BCUT2D eigenvalue weighted by Gasteiger charge is 2.19. The molecule has 1 aromatic heterocycles. The topological polar surface area (TPSA) is 73.8 Å². The zero-order chi connectivity index (χ0) is 15.9. The van der Waals surface area contributed by atoms with Crippen LogP contribution in [0.15, 0.2) is 21.3 Å². The summed E-state index contributed by atoms with van der Waals surface area (Å²) in [6.45, 7) is 6.22. The second kappa shape index (κ2) is 8.35. The number of hydrogen-bond acceptors (Lipinski definition) is 4. The van der Waals surface area contributed by atoms with Crippen LogP contribution in [0, 0.1) is 0 Å². The Kier molecular flexibility index (Phi) is 7.13. The van der Waals surface area contributed by atoms with Crippen molar-refractivity contribution < 1.29 is 8.42 Å². The predicted molar refractivity (Wildman–Crippen MR) is 88.3 cm³/mol. The van der Waals surface area contributed by atoms with Crippen molar-refractivity contribution in [3.05, 3.63) is 17.0 Å². The number of sulfonamides is 1. The molecule has 0 saturated carbocycles. The Balaban J connectivity index is 2.77. The number of nitrogens with zero attached hydrogens (tertiary/aromatic N) is 2. The molecule has 0 aliphatic carbocycles. The minimum absolute atomic E-state index is 0.351. The van der Waals surface area contributed by atoms with Crippen LogP contribution < -0.4 is 10.6 Å². The summed E-state index contributed by atoms with van der Waals surface area (Å²) in [6.07, 6.45) is 1.02. The van der Waals surface area contributed by atoms with Crippen LogP contribution in [0.3, 0.4) is 0 Å². The molecule has 0 amide bonds. The molecule has 21 heavy (non-hydrogen) atoms. The number of hydrogen-bond donors (Lipinski definition) is 2. The summed E-state index contributed by atoms with van der Waals surface area (Å²) in [5, 5.41) is 6.37. The van der Waals surface area contributed by atoms with Gasteiger partial charge in [-0.2, -0.15) is 0 Å². The smallest absolute Gasteiger partial charge is 0.252 e. The lowest BCUT2D eigenvalue weighted by atomic mass is 10.4. The molecule has 6 nitrogen and oxygen atoms in total. The van der Waals surface area contributed by atoms with Crippen molar-refractivity contribution in [3.8, 4) is 0 Å². The number of rotatable bonds is 7. The number of thiophene rings is 1. The standard InChI is InChI=1S/C13H24N4O2S2/c1-5-9-15-13(14-6-2)16-10-11-7-8-12(20-11)21(18,19)17(3)4/h7-8H,5-6,9-10H2,1-4H3,(H2,14,15,16). The number of guanidine groups is 1. The summed E-state index contributed by atoms with van der Waals surface area (Å²) >= 11 is 1.26.